The molecule has 1 N–H and O–H groups in total. The van der Waals surface area contributed by atoms with Crippen molar-refractivity contribution in [3.63, 3.8) is 0 Å². The second kappa shape index (κ2) is 9.67. The van der Waals surface area contributed by atoms with Crippen LogP contribution in [0.25, 0.3) is 0 Å². The molecule has 3 atom stereocenters. The third-order valence-electron chi connectivity index (χ3n) is 6.97. The van der Waals surface area contributed by atoms with E-state index in [-0.39, 0.29) is 35.1 Å². The summed E-state index contributed by atoms with van der Waals surface area (Å²) in [4.78, 5) is 0. The van der Waals surface area contributed by atoms with Gasteiger partial charge in [-0.15, -0.1) is 0 Å². The number of aryl methyl sites for hydroxylation is 1. The molecule has 0 heterocycles. The van der Waals surface area contributed by atoms with Gasteiger partial charge in [0.2, 0.25) is 0 Å². The molecule has 0 radical (unpaired) electrons. The molecule has 0 fully saturated rings. The summed E-state index contributed by atoms with van der Waals surface area (Å²) >= 11 is 0. The Balaban J connectivity index is 0.000000145. The van der Waals surface area contributed by atoms with Crippen molar-refractivity contribution in [3.8, 4) is 0 Å². The van der Waals surface area contributed by atoms with Crippen LogP contribution in [0.3, 0.4) is 0 Å². The lowest BCUT2D eigenvalue weighted by Crippen LogP contribution is -1.96. The maximum absolute atomic E-state index is 13.2. The maximum Gasteiger partial charge on any atom is 0.123 e. The van der Waals surface area contributed by atoms with Crippen LogP contribution >= 0.6 is 0 Å². The fourth-order valence-corrected chi connectivity index (χ4v) is 5.27. The molecule has 6 rings (SSSR count). The SMILES string of the molecule is Fc1ccc(C2CCc3cc(F)ccc32)cc1.OC1CC(c2ccc(F)cc2)c2ccc(F)cc21. The minimum atomic E-state index is -0.647. The number of aliphatic hydroxyl groups excluding tert-OH is 1. The molecule has 0 aromatic heterocycles. The lowest BCUT2D eigenvalue weighted by atomic mass is 9.93. The topological polar surface area (TPSA) is 20.2 Å². The number of halogens is 4. The van der Waals surface area contributed by atoms with Gasteiger partial charge in [-0.25, -0.2) is 17.6 Å². The number of hydrogen-bond acceptors (Lipinski definition) is 1. The third-order valence-corrected chi connectivity index (χ3v) is 6.97. The molecule has 4 aromatic carbocycles. The van der Waals surface area contributed by atoms with Gasteiger partial charge in [0.15, 0.2) is 0 Å². The van der Waals surface area contributed by atoms with Crippen LogP contribution in [0.15, 0.2) is 84.9 Å². The highest BCUT2D eigenvalue weighted by atomic mass is 19.1. The smallest absolute Gasteiger partial charge is 0.123 e. The molecule has 3 unspecified atom stereocenters. The van der Waals surface area contributed by atoms with E-state index < -0.39 is 6.10 Å². The van der Waals surface area contributed by atoms with Crippen molar-refractivity contribution in [2.75, 3.05) is 0 Å². The summed E-state index contributed by atoms with van der Waals surface area (Å²) in [6, 6.07) is 22.3. The molecule has 5 heteroatoms. The quantitative estimate of drug-likeness (QED) is 0.296. The number of hydrogen-bond donors (Lipinski definition) is 1. The molecular weight excluding hydrogens is 452 g/mol. The summed E-state index contributed by atoms with van der Waals surface area (Å²) in [5.41, 5.74) is 5.88. The van der Waals surface area contributed by atoms with Gasteiger partial charge in [0.05, 0.1) is 6.10 Å². The summed E-state index contributed by atoms with van der Waals surface area (Å²) in [6.07, 6.45) is 1.75. The molecule has 4 aromatic rings. The first kappa shape index (κ1) is 23.3. The average molecular weight is 477 g/mol. The van der Waals surface area contributed by atoms with Crippen molar-refractivity contribution >= 4 is 0 Å². The molecular formula is C30H24F4O. The standard InChI is InChI=1S/C15H12F2O.C15H12F2/c16-10-3-1-9(2-4-10)13-8-15(18)14-7-11(17)5-6-12(13)14;16-12-4-1-10(2-5-12)14-7-3-11-9-13(17)6-8-15(11)14/h1-7,13,15,18H,8H2;1-2,4-6,8-9,14H,3,7H2. The van der Waals surface area contributed by atoms with Gasteiger partial charge in [-0.05, 0) is 101 Å². The van der Waals surface area contributed by atoms with Gasteiger partial charge in [-0.2, -0.15) is 0 Å². The highest BCUT2D eigenvalue weighted by Gasteiger charge is 2.31. The maximum atomic E-state index is 13.2. The Labute approximate surface area is 201 Å². The second-order valence-corrected chi connectivity index (χ2v) is 9.11. The van der Waals surface area contributed by atoms with Gasteiger partial charge in [-0.1, -0.05) is 36.4 Å². The van der Waals surface area contributed by atoms with Crippen LogP contribution in [0.5, 0.6) is 0 Å². The largest absolute Gasteiger partial charge is 0.388 e. The van der Waals surface area contributed by atoms with E-state index >= 15 is 0 Å². The summed E-state index contributed by atoms with van der Waals surface area (Å²) in [6.45, 7) is 0. The summed E-state index contributed by atoms with van der Waals surface area (Å²) in [5, 5.41) is 9.95. The van der Waals surface area contributed by atoms with Gasteiger partial charge in [0.25, 0.3) is 0 Å². The van der Waals surface area contributed by atoms with E-state index in [1.54, 1.807) is 24.3 Å². The van der Waals surface area contributed by atoms with Crippen LogP contribution in [0.2, 0.25) is 0 Å². The monoisotopic (exact) mass is 476 g/mol. The van der Waals surface area contributed by atoms with Crippen molar-refractivity contribution in [1.82, 2.24) is 0 Å². The molecule has 0 aliphatic heterocycles. The molecule has 1 nitrogen and oxygen atoms in total. The normalized spacial score (nSPS) is 20.1. The molecule has 0 bridgehead atoms. The Morgan fingerprint density at radius 3 is 1.69 bits per heavy atom. The first-order valence-corrected chi connectivity index (χ1v) is 11.7. The number of aliphatic hydroxyl groups is 1. The molecule has 178 valence electrons. The van der Waals surface area contributed by atoms with E-state index in [1.165, 1.54) is 48.0 Å². The molecule has 0 amide bonds. The summed E-state index contributed by atoms with van der Waals surface area (Å²) < 4.78 is 52.0. The van der Waals surface area contributed by atoms with Crippen LogP contribution in [0.4, 0.5) is 17.6 Å². The predicted octanol–water partition coefficient (Wildman–Crippen LogP) is 7.58. The number of benzene rings is 4. The number of rotatable bonds is 2. The van der Waals surface area contributed by atoms with Gasteiger partial charge in [-0.3, -0.25) is 0 Å². The Hall–Kier alpha value is -3.44. The van der Waals surface area contributed by atoms with Crippen molar-refractivity contribution in [1.29, 1.82) is 0 Å². The van der Waals surface area contributed by atoms with Crippen molar-refractivity contribution in [2.24, 2.45) is 0 Å². The van der Waals surface area contributed by atoms with E-state index in [9.17, 15) is 22.7 Å². The highest BCUT2D eigenvalue weighted by molar-refractivity contribution is 5.44. The van der Waals surface area contributed by atoms with E-state index in [1.807, 2.05) is 18.2 Å². The molecule has 2 aliphatic carbocycles. The zero-order valence-electron chi connectivity index (χ0n) is 18.9. The van der Waals surface area contributed by atoms with Crippen LogP contribution in [-0.4, -0.2) is 5.11 Å². The summed E-state index contributed by atoms with van der Waals surface area (Å²) in [7, 11) is 0. The van der Waals surface area contributed by atoms with Crippen LogP contribution < -0.4 is 0 Å². The predicted molar refractivity (Wildman–Crippen MR) is 127 cm³/mol. The van der Waals surface area contributed by atoms with Crippen molar-refractivity contribution < 1.29 is 22.7 Å². The van der Waals surface area contributed by atoms with Crippen molar-refractivity contribution in [2.45, 2.75) is 37.2 Å². The minimum absolute atomic E-state index is 0.0104. The fourth-order valence-electron chi connectivity index (χ4n) is 5.27. The minimum Gasteiger partial charge on any atom is -0.388 e. The first-order chi connectivity index (χ1) is 16.9. The molecule has 35 heavy (non-hydrogen) atoms. The first-order valence-electron chi connectivity index (χ1n) is 11.7. The molecule has 2 aliphatic rings. The van der Waals surface area contributed by atoms with Gasteiger partial charge < -0.3 is 5.11 Å². The van der Waals surface area contributed by atoms with Crippen molar-refractivity contribution in [3.05, 3.63) is 142 Å². The van der Waals surface area contributed by atoms with E-state index in [2.05, 4.69) is 0 Å². The van der Waals surface area contributed by atoms with Gasteiger partial charge >= 0.3 is 0 Å². The second-order valence-electron chi connectivity index (χ2n) is 9.11. The molecule has 0 spiro atoms. The zero-order chi connectivity index (χ0) is 24.5. The van der Waals surface area contributed by atoms with E-state index in [4.69, 9.17) is 0 Å². The van der Waals surface area contributed by atoms with Crippen LogP contribution in [0.1, 0.15) is 64.2 Å². The Morgan fingerprint density at radius 2 is 1.06 bits per heavy atom. The average Bonchev–Trinajstić information content (AvgIpc) is 3.41. The lowest BCUT2D eigenvalue weighted by Gasteiger charge is -2.11. The van der Waals surface area contributed by atoms with E-state index in [0.29, 0.717) is 12.0 Å². The lowest BCUT2D eigenvalue weighted by molar-refractivity contribution is 0.176. The highest BCUT2D eigenvalue weighted by Crippen LogP contribution is 2.44. The molecule has 0 saturated heterocycles. The molecule has 0 saturated carbocycles. The van der Waals surface area contributed by atoms with Crippen LogP contribution in [-0.2, 0) is 6.42 Å². The fraction of sp³-hybridized carbons (Fsp3) is 0.200. The Bertz CT molecular complexity index is 1330. The summed E-state index contributed by atoms with van der Waals surface area (Å²) in [5.74, 6) is -0.721. The third kappa shape index (κ3) is 4.87. The van der Waals surface area contributed by atoms with E-state index in [0.717, 1.165) is 35.1 Å². The Morgan fingerprint density at radius 1 is 0.543 bits per heavy atom. The van der Waals surface area contributed by atoms with Crippen LogP contribution in [0, 0.1) is 23.3 Å². The zero-order valence-corrected chi connectivity index (χ0v) is 18.9. The number of fused-ring (bicyclic) bond motifs is 2. The van der Waals surface area contributed by atoms with Gasteiger partial charge in [0, 0.05) is 11.8 Å². The van der Waals surface area contributed by atoms with Gasteiger partial charge in [0.1, 0.15) is 23.3 Å². The Kier molecular flexibility index (Phi) is 6.44.